The number of carbonyl (C=O) groups is 4. The molecule has 2 aliphatic heterocycles. The Labute approximate surface area is 252 Å². The Kier molecular flexibility index (Phi) is 7.78. The summed E-state index contributed by atoms with van der Waals surface area (Å²) in [4.78, 5) is 57.1. The molecule has 11 nitrogen and oxygen atoms in total. The van der Waals surface area contributed by atoms with Crippen LogP contribution < -0.4 is 4.90 Å². The molecule has 1 saturated carbocycles. The van der Waals surface area contributed by atoms with Gasteiger partial charge in [0, 0.05) is 76.2 Å². The predicted octanol–water partition coefficient (Wildman–Crippen LogP) is 2.07. The molecule has 0 bridgehead atoms. The van der Waals surface area contributed by atoms with Crippen molar-refractivity contribution in [1.82, 2.24) is 24.5 Å². The molecule has 3 heterocycles. The lowest BCUT2D eigenvalue weighted by atomic mass is 10.0. The zero-order valence-electron chi connectivity index (χ0n) is 24.7. The maximum Gasteiger partial charge on any atom is 0.416 e. The average molecular weight is 617 g/mol. The third kappa shape index (κ3) is 5.73. The van der Waals surface area contributed by atoms with Gasteiger partial charge in [-0.2, -0.15) is 18.3 Å². The van der Waals surface area contributed by atoms with Gasteiger partial charge in [-0.1, -0.05) is 6.07 Å². The van der Waals surface area contributed by atoms with E-state index in [0.717, 1.165) is 30.2 Å². The summed E-state index contributed by atoms with van der Waals surface area (Å²) < 4.78 is 46.7. The second-order valence-electron chi connectivity index (χ2n) is 11.9. The summed E-state index contributed by atoms with van der Waals surface area (Å²) in [5.74, 6) is -0.444. The van der Waals surface area contributed by atoms with Crippen molar-refractivity contribution in [3.8, 4) is 0 Å². The number of esters is 1. The van der Waals surface area contributed by atoms with Crippen LogP contribution in [-0.2, 0) is 38.3 Å². The maximum atomic E-state index is 13.6. The summed E-state index contributed by atoms with van der Waals surface area (Å²) in [6, 6.07) is 4.18. The highest BCUT2D eigenvalue weighted by Gasteiger charge is 2.50. The van der Waals surface area contributed by atoms with Gasteiger partial charge in [0.2, 0.25) is 5.91 Å². The van der Waals surface area contributed by atoms with Gasteiger partial charge in [0.25, 0.3) is 11.8 Å². The van der Waals surface area contributed by atoms with Gasteiger partial charge >= 0.3 is 12.1 Å². The molecular weight excluding hydrogens is 581 g/mol. The highest BCUT2D eigenvalue weighted by atomic mass is 19.4. The van der Waals surface area contributed by atoms with Gasteiger partial charge in [0.15, 0.2) is 12.3 Å². The summed E-state index contributed by atoms with van der Waals surface area (Å²) in [7, 11) is 0. The summed E-state index contributed by atoms with van der Waals surface area (Å²) in [5, 5.41) is 4.65. The Hall–Kier alpha value is -4.10. The largest absolute Gasteiger partial charge is 0.456 e. The van der Waals surface area contributed by atoms with Crippen LogP contribution in [0.25, 0.3) is 0 Å². The van der Waals surface area contributed by atoms with Crippen LogP contribution in [0.15, 0.2) is 18.2 Å². The molecule has 3 fully saturated rings. The molecule has 2 aliphatic carbocycles. The van der Waals surface area contributed by atoms with Crippen molar-refractivity contribution in [3.63, 3.8) is 0 Å². The number of aromatic nitrogens is 2. The van der Waals surface area contributed by atoms with E-state index in [2.05, 4.69) is 5.10 Å². The van der Waals surface area contributed by atoms with E-state index in [-0.39, 0.29) is 42.4 Å². The number of benzene rings is 1. The summed E-state index contributed by atoms with van der Waals surface area (Å²) in [6.45, 7) is 5.26. The fourth-order valence-electron chi connectivity index (χ4n) is 6.74. The second kappa shape index (κ2) is 11.4. The average Bonchev–Trinajstić information content (AvgIpc) is 3.52. The molecule has 0 N–H and O–H groups in total. The minimum Gasteiger partial charge on any atom is -0.456 e. The minimum atomic E-state index is -4.43. The molecule has 1 aromatic heterocycles. The van der Waals surface area contributed by atoms with E-state index in [1.54, 1.807) is 25.4 Å². The highest BCUT2D eigenvalue weighted by Crippen LogP contribution is 2.57. The van der Waals surface area contributed by atoms with E-state index in [0.29, 0.717) is 69.7 Å². The number of fused-ring (bicyclic) bond motifs is 3. The number of piperazine rings is 2. The van der Waals surface area contributed by atoms with Gasteiger partial charge in [-0.25, -0.2) is 0 Å². The van der Waals surface area contributed by atoms with Crippen LogP contribution in [0.4, 0.5) is 18.9 Å². The van der Waals surface area contributed by atoms with Crippen LogP contribution in [-0.4, -0.2) is 107 Å². The van der Waals surface area contributed by atoms with E-state index in [9.17, 15) is 32.3 Å². The molecule has 0 unspecified atom stereocenters. The number of amides is 3. The minimum absolute atomic E-state index is 0.00390. The Bertz CT molecular complexity index is 1490. The van der Waals surface area contributed by atoms with Crippen LogP contribution in [0, 0.1) is 12.8 Å². The maximum absolute atomic E-state index is 13.6. The van der Waals surface area contributed by atoms with Crippen molar-refractivity contribution in [2.75, 3.05) is 63.9 Å². The molecule has 2 aromatic rings. The van der Waals surface area contributed by atoms with Crippen molar-refractivity contribution < 1.29 is 37.1 Å². The molecule has 14 heteroatoms. The molecule has 0 radical (unpaired) electrons. The highest BCUT2D eigenvalue weighted by molar-refractivity contribution is 5.95. The lowest BCUT2D eigenvalue weighted by molar-refractivity contribution is -0.150. The Morgan fingerprint density at radius 2 is 1.57 bits per heavy atom. The topological polar surface area (TPSA) is 108 Å². The van der Waals surface area contributed by atoms with E-state index >= 15 is 0 Å². The first-order valence-electron chi connectivity index (χ1n) is 14.9. The van der Waals surface area contributed by atoms with Crippen molar-refractivity contribution in [2.45, 2.75) is 45.3 Å². The van der Waals surface area contributed by atoms with Crippen LogP contribution in [0.3, 0.4) is 0 Å². The Morgan fingerprint density at radius 3 is 2.23 bits per heavy atom. The number of halogens is 3. The standard InChI is InChI=1S/C30H35F3N6O5/c1-18-22(30(31,32)33)4-3-5-23(18)35-6-8-36(9-7-35)25(41)16-39-24-15-20-14-21(20)27(24)28(34-39)29(43)38-12-10-37(11-13-38)26(42)17-44-19(2)40/h3-5,20-21H,6-17H2,1-2H3/t20-,21-/m1/s1. The predicted molar refractivity (Wildman–Crippen MR) is 151 cm³/mol. The van der Waals surface area contributed by atoms with E-state index in [4.69, 9.17) is 4.74 Å². The van der Waals surface area contributed by atoms with Crippen LogP contribution in [0.5, 0.6) is 0 Å². The number of carbonyl (C=O) groups excluding carboxylic acids is 4. The third-order valence-corrected chi connectivity index (χ3v) is 9.24. The summed E-state index contributed by atoms with van der Waals surface area (Å²) in [6.07, 6.45) is -2.65. The zero-order chi connectivity index (χ0) is 31.3. The van der Waals surface area contributed by atoms with E-state index in [1.165, 1.54) is 19.9 Å². The molecule has 2 saturated heterocycles. The molecule has 236 valence electrons. The van der Waals surface area contributed by atoms with Gasteiger partial charge in [-0.3, -0.25) is 23.9 Å². The van der Waals surface area contributed by atoms with Gasteiger partial charge in [0.1, 0.15) is 6.54 Å². The molecule has 6 rings (SSSR count). The first-order chi connectivity index (χ1) is 20.9. The zero-order valence-corrected chi connectivity index (χ0v) is 24.7. The number of anilines is 1. The number of rotatable bonds is 6. The molecule has 0 spiro atoms. The molecule has 1 aromatic carbocycles. The van der Waals surface area contributed by atoms with Gasteiger partial charge < -0.3 is 24.3 Å². The van der Waals surface area contributed by atoms with Crippen molar-refractivity contribution in [2.24, 2.45) is 5.92 Å². The second-order valence-corrected chi connectivity index (χ2v) is 11.9. The monoisotopic (exact) mass is 616 g/mol. The van der Waals surface area contributed by atoms with Gasteiger partial charge in [0.05, 0.1) is 5.56 Å². The number of nitrogens with zero attached hydrogens (tertiary/aromatic N) is 6. The van der Waals surface area contributed by atoms with Crippen molar-refractivity contribution in [1.29, 1.82) is 0 Å². The quantitative estimate of drug-likeness (QED) is 0.458. The van der Waals surface area contributed by atoms with Crippen LogP contribution in [0.1, 0.15) is 52.1 Å². The fraction of sp³-hybridized carbons (Fsp3) is 0.567. The van der Waals surface area contributed by atoms with E-state index < -0.39 is 17.7 Å². The fourth-order valence-corrected chi connectivity index (χ4v) is 6.74. The first kappa shape index (κ1) is 29.9. The number of hydrogen-bond acceptors (Lipinski definition) is 7. The molecule has 3 amide bonds. The first-order valence-corrected chi connectivity index (χ1v) is 14.9. The normalized spacial score (nSPS) is 21.2. The number of hydrogen-bond donors (Lipinski definition) is 0. The SMILES string of the molecule is CC(=O)OCC(=O)N1CCN(C(=O)c2nn(CC(=O)N3CCN(c4cccc(C(F)(F)F)c4C)CC3)c3c2[C@@H]2C[C@@H]2C3)CC1. The molecule has 2 atom stereocenters. The van der Waals surface area contributed by atoms with Gasteiger partial charge in [-0.05, 0) is 49.3 Å². The molecule has 44 heavy (non-hydrogen) atoms. The molecule has 4 aliphatic rings. The van der Waals surface area contributed by atoms with Crippen LogP contribution in [0.2, 0.25) is 0 Å². The van der Waals surface area contributed by atoms with Crippen molar-refractivity contribution in [3.05, 3.63) is 46.3 Å². The van der Waals surface area contributed by atoms with E-state index in [1.807, 2.05) is 4.90 Å². The number of ether oxygens (including phenoxy) is 1. The van der Waals surface area contributed by atoms with Crippen LogP contribution >= 0.6 is 0 Å². The van der Waals surface area contributed by atoms with Crippen molar-refractivity contribution >= 4 is 29.4 Å². The van der Waals surface area contributed by atoms with Gasteiger partial charge in [-0.15, -0.1) is 0 Å². The lowest BCUT2D eigenvalue weighted by Gasteiger charge is -2.37. The summed E-state index contributed by atoms with van der Waals surface area (Å²) in [5.41, 5.74) is 2.29. The Balaban J connectivity index is 1.09. The Morgan fingerprint density at radius 1 is 0.932 bits per heavy atom. The third-order valence-electron chi connectivity index (χ3n) is 9.24. The smallest absolute Gasteiger partial charge is 0.416 e. The molecular formula is C30H35F3N6O5. The number of alkyl halides is 3. The lowest BCUT2D eigenvalue weighted by Crippen LogP contribution is -2.51. The summed E-state index contributed by atoms with van der Waals surface area (Å²) >= 11 is 0.